The summed E-state index contributed by atoms with van der Waals surface area (Å²) in [5.74, 6) is 0. The average molecular weight is 346 g/mol. The van der Waals surface area contributed by atoms with Crippen molar-refractivity contribution < 1.29 is 0 Å². The second-order valence-corrected chi connectivity index (χ2v) is 9.05. The smallest absolute Gasteiger partial charge is 0.0367 e. The van der Waals surface area contributed by atoms with Gasteiger partial charge in [0.1, 0.15) is 0 Å². The molecule has 0 saturated carbocycles. The van der Waals surface area contributed by atoms with Crippen molar-refractivity contribution in [3.05, 3.63) is 29.8 Å². The van der Waals surface area contributed by atoms with Gasteiger partial charge in [0.2, 0.25) is 0 Å². The van der Waals surface area contributed by atoms with E-state index in [4.69, 9.17) is 0 Å². The Labute approximate surface area is 156 Å². The van der Waals surface area contributed by atoms with Gasteiger partial charge in [-0.15, -0.1) is 0 Å². The van der Waals surface area contributed by atoms with E-state index in [9.17, 15) is 0 Å². The second kappa shape index (κ2) is 8.55. The van der Waals surface area contributed by atoms with Crippen LogP contribution in [0.1, 0.15) is 54.0 Å². The molecule has 0 aliphatic carbocycles. The highest BCUT2D eigenvalue weighted by molar-refractivity contribution is 5.49. The summed E-state index contributed by atoms with van der Waals surface area (Å²) in [6.07, 6.45) is 0. The van der Waals surface area contributed by atoms with Crippen LogP contribution < -0.4 is 4.90 Å². The van der Waals surface area contributed by atoms with Crippen molar-refractivity contribution in [2.75, 3.05) is 44.2 Å². The minimum Gasteiger partial charge on any atom is -0.369 e. The van der Waals surface area contributed by atoms with E-state index in [2.05, 4.69) is 87.4 Å². The van der Waals surface area contributed by atoms with Crippen LogP contribution in [-0.4, -0.2) is 61.2 Å². The van der Waals surface area contributed by atoms with Crippen molar-refractivity contribution in [3.8, 4) is 0 Å². The lowest BCUT2D eigenvalue weighted by Crippen LogP contribution is -2.50. The molecule has 1 saturated heterocycles. The Hall–Kier alpha value is -1.06. The first-order valence-electron chi connectivity index (χ1n) is 10.0. The molecule has 3 heteroatoms. The minimum absolute atomic E-state index is 0.232. The van der Waals surface area contributed by atoms with Gasteiger partial charge < -0.3 is 4.90 Å². The molecule has 25 heavy (non-hydrogen) atoms. The highest BCUT2D eigenvalue weighted by Gasteiger charge is 2.20. The molecular weight excluding hydrogens is 306 g/mol. The van der Waals surface area contributed by atoms with Crippen LogP contribution in [0.4, 0.5) is 5.69 Å². The van der Waals surface area contributed by atoms with Gasteiger partial charge in [-0.3, -0.25) is 9.80 Å². The number of hydrogen-bond donors (Lipinski definition) is 0. The summed E-state index contributed by atoms with van der Waals surface area (Å²) in [5, 5.41) is 0. The third kappa shape index (κ3) is 5.72. The monoisotopic (exact) mass is 345 g/mol. The first kappa shape index (κ1) is 20.3. The van der Waals surface area contributed by atoms with Gasteiger partial charge in [-0.1, -0.05) is 32.9 Å². The highest BCUT2D eigenvalue weighted by Crippen LogP contribution is 2.25. The van der Waals surface area contributed by atoms with Crippen LogP contribution in [0.5, 0.6) is 0 Å². The quantitative estimate of drug-likeness (QED) is 0.764. The minimum atomic E-state index is 0.232. The van der Waals surface area contributed by atoms with Gasteiger partial charge in [-0.2, -0.15) is 0 Å². The Morgan fingerprint density at radius 2 is 1.40 bits per heavy atom. The fourth-order valence-corrected chi connectivity index (χ4v) is 3.77. The van der Waals surface area contributed by atoms with Crippen LogP contribution in [0, 0.1) is 0 Å². The van der Waals surface area contributed by atoms with Gasteiger partial charge in [-0.25, -0.2) is 0 Å². The predicted molar refractivity (Wildman–Crippen MR) is 111 cm³/mol. The number of rotatable bonds is 6. The molecule has 142 valence electrons. The predicted octanol–water partition coefficient (Wildman–Crippen LogP) is 4.22. The van der Waals surface area contributed by atoms with E-state index in [0.29, 0.717) is 12.1 Å². The summed E-state index contributed by atoms with van der Waals surface area (Å²) in [6.45, 7) is 23.0. The molecule has 1 aliphatic rings. The van der Waals surface area contributed by atoms with Crippen LogP contribution >= 0.6 is 0 Å². The van der Waals surface area contributed by atoms with Crippen molar-refractivity contribution in [2.24, 2.45) is 0 Å². The summed E-state index contributed by atoms with van der Waals surface area (Å²) in [4.78, 5) is 7.75. The fourth-order valence-electron chi connectivity index (χ4n) is 3.77. The molecule has 1 fully saturated rings. The van der Waals surface area contributed by atoms with Gasteiger partial charge in [0.15, 0.2) is 0 Å². The van der Waals surface area contributed by atoms with Crippen molar-refractivity contribution in [2.45, 2.75) is 66.0 Å². The van der Waals surface area contributed by atoms with Crippen LogP contribution in [0.15, 0.2) is 24.3 Å². The van der Waals surface area contributed by atoms with E-state index < -0.39 is 0 Å². The maximum Gasteiger partial charge on any atom is 0.0367 e. The zero-order chi connectivity index (χ0) is 18.6. The molecule has 1 aromatic rings. The zero-order valence-corrected chi connectivity index (χ0v) is 17.5. The number of hydrogen-bond acceptors (Lipinski definition) is 3. The zero-order valence-electron chi connectivity index (χ0n) is 17.5. The van der Waals surface area contributed by atoms with Gasteiger partial charge in [0, 0.05) is 57.0 Å². The molecule has 0 spiro atoms. The van der Waals surface area contributed by atoms with Crippen LogP contribution in [-0.2, 0) is 5.41 Å². The second-order valence-electron chi connectivity index (χ2n) is 9.05. The molecular formula is C22H39N3. The lowest BCUT2D eigenvalue weighted by molar-refractivity contribution is 0.140. The molecule has 2 rings (SSSR count). The van der Waals surface area contributed by atoms with E-state index in [-0.39, 0.29) is 5.41 Å². The van der Waals surface area contributed by atoms with E-state index in [1.807, 2.05) is 0 Å². The largest absolute Gasteiger partial charge is 0.369 e. The van der Waals surface area contributed by atoms with E-state index in [1.165, 1.54) is 37.4 Å². The number of benzene rings is 1. The lowest BCUT2D eigenvalue weighted by atomic mass is 9.87. The summed E-state index contributed by atoms with van der Waals surface area (Å²) in [7, 11) is 0. The SMILES string of the molecule is CC(C)N(CCN1CCN(c2ccc(C(C)(C)C)cc2)CC1)C(C)C. The molecule has 0 amide bonds. The highest BCUT2D eigenvalue weighted by atomic mass is 15.3. The maximum atomic E-state index is 2.62. The molecule has 0 atom stereocenters. The van der Waals surface area contributed by atoms with Crippen molar-refractivity contribution in [1.82, 2.24) is 9.80 Å². The molecule has 3 nitrogen and oxygen atoms in total. The summed E-state index contributed by atoms with van der Waals surface area (Å²) < 4.78 is 0. The molecule has 1 aromatic carbocycles. The Morgan fingerprint density at radius 1 is 0.880 bits per heavy atom. The normalized spacial score (nSPS) is 17.1. The fraction of sp³-hybridized carbons (Fsp3) is 0.727. The van der Waals surface area contributed by atoms with Gasteiger partial charge in [-0.05, 0) is 50.8 Å². The number of nitrogens with zero attached hydrogens (tertiary/aromatic N) is 3. The van der Waals surface area contributed by atoms with Gasteiger partial charge >= 0.3 is 0 Å². The number of anilines is 1. The summed E-state index contributed by atoms with van der Waals surface area (Å²) >= 11 is 0. The molecule has 0 N–H and O–H groups in total. The van der Waals surface area contributed by atoms with E-state index >= 15 is 0 Å². The van der Waals surface area contributed by atoms with Crippen LogP contribution in [0.3, 0.4) is 0 Å². The maximum absolute atomic E-state index is 2.62. The molecule has 1 heterocycles. The number of piperazine rings is 1. The third-order valence-corrected chi connectivity index (χ3v) is 5.47. The molecule has 0 aromatic heterocycles. The van der Waals surface area contributed by atoms with Crippen molar-refractivity contribution in [3.63, 3.8) is 0 Å². The molecule has 1 aliphatic heterocycles. The van der Waals surface area contributed by atoms with Crippen LogP contribution in [0.25, 0.3) is 0 Å². The Balaban J connectivity index is 1.83. The Bertz CT molecular complexity index is 497. The lowest BCUT2D eigenvalue weighted by Gasteiger charge is -2.38. The Morgan fingerprint density at radius 3 is 1.84 bits per heavy atom. The van der Waals surface area contributed by atoms with Crippen LogP contribution in [0.2, 0.25) is 0 Å². The third-order valence-electron chi connectivity index (χ3n) is 5.47. The average Bonchev–Trinajstić information content (AvgIpc) is 2.54. The van der Waals surface area contributed by atoms with E-state index in [0.717, 1.165) is 13.1 Å². The van der Waals surface area contributed by atoms with Crippen molar-refractivity contribution >= 4 is 5.69 Å². The topological polar surface area (TPSA) is 9.72 Å². The summed E-state index contributed by atoms with van der Waals surface area (Å²) in [5.41, 5.74) is 3.02. The Kier molecular flexibility index (Phi) is 6.93. The summed E-state index contributed by atoms with van der Waals surface area (Å²) in [6, 6.07) is 10.5. The van der Waals surface area contributed by atoms with E-state index in [1.54, 1.807) is 0 Å². The van der Waals surface area contributed by atoms with Gasteiger partial charge in [0.05, 0.1) is 0 Å². The first-order chi connectivity index (χ1) is 11.7. The molecule has 0 unspecified atom stereocenters. The molecule has 0 radical (unpaired) electrons. The first-order valence-corrected chi connectivity index (χ1v) is 10.0. The van der Waals surface area contributed by atoms with Crippen molar-refractivity contribution in [1.29, 1.82) is 0 Å². The molecule has 0 bridgehead atoms. The standard InChI is InChI=1S/C22H39N3/c1-18(2)25(19(3)4)17-14-23-12-15-24(16-13-23)21-10-8-20(9-11-21)22(5,6)7/h8-11,18-19H,12-17H2,1-7H3. The van der Waals surface area contributed by atoms with Gasteiger partial charge in [0.25, 0.3) is 0 Å².